The molecular weight excluding hydrogens is 366 g/mol. The highest BCUT2D eigenvalue weighted by Gasteiger charge is 2.49. The lowest BCUT2D eigenvalue weighted by Crippen LogP contribution is -2.69. The number of ether oxygens (including phenoxy) is 2. The predicted octanol–water partition coefficient (Wildman–Crippen LogP) is -4.88. The van der Waals surface area contributed by atoms with Crippen LogP contribution in [0.25, 0.3) is 0 Å². The fourth-order valence-corrected chi connectivity index (χ4v) is 3.64. The number of nitrogens with zero attached hydrogens (tertiary/aromatic N) is 1. The fourth-order valence-electron chi connectivity index (χ4n) is 3.64. The molecule has 1 aliphatic carbocycles. The standard InChI is InChI=1S/C16H28NO10/c1-6(20)17(2)10-13(23)15(9(5-19)27-16(10)25)26-8-3-7(4-18)11(21)14(24)12(8)22/h7-16,18-19,21-24H,3-5H2,1-2H3/q-1/t7-,8-,9-,10-,11+,12+,13-,14+,15-,16-/m1/s1. The third-order valence-electron chi connectivity index (χ3n) is 5.43. The van der Waals surface area contributed by atoms with Gasteiger partial charge in [-0.1, -0.05) is 0 Å². The highest BCUT2D eigenvalue weighted by molar-refractivity contribution is 5.73. The summed E-state index contributed by atoms with van der Waals surface area (Å²) in [5.74, 6) is -1.26. The van der Waals surface area contributed by atoms with Crippen LogP contribution in [0.2, 0.25) is 0 Å². The van der Waals surface area contributed by atoms with Crippen LogP contribution in [0.1, 0.15) is 13.3 Å². The topological polar surface area (TPSA) is 183 Å². The minimum atomic E-state index is -1.82. The van der Waals surface area contributed by atoms with Gasteiger partial charge in [0, 0.05) is 32.8 Å². The Balaban J connectivity index is 2.21. The first kappa shape index (κ1) is 22.4. The zero-order valence-corrected chi connectivity index (χ0v) is 15.2. The second kappa shape index (κ2) is 9.07. The summed E-state index contributed by atoms with van der Waals surface area (Å²) in [6.07, 6.45) is -11.5. The number of carbonyl (C=O) groups excluding carboxylic acids is 1. The second-order valence-corrected chi connectivity index (χ2v) is 7.13. The van der Waals surface area contributed by atoms with Gasteiger partial charge in [-0.2, -0.15) is 0 Å². The number of hydrogen-bond acceptors (Lipinski definition) is 10. The maximum absolute atomic E-state index is 12.2. The van der Waals surface area contributed by atoms with Crippen molar-refractivity contribution in [3.8, 4) is 0 Å². The Morgan fingerprint density at radius 1 is 1.11 bits per heavy atom. The molecule has 0 unspecified atom stereocenters. The molecule has 10 atom stereocenters. The molecule has 1 aliphatic heterocycles. The first-order valence-corrected chi connectivity index (χ1v) is 8.78. The molecule has 6 N–H and O–H groups in total. The largest absolute Gasteiger partial charge is 0.829 e. The molecule has 2 fully saturated rings. The number of aliphatic hydroxyl groups is 6. The van der Waals surface area contributed by atoms with Crippen molar-refractivity contribution in [3.05, 3.63) is 0 Å². The Morgan fingerprint density at radius 2 is 1.74 bits per heavy atom. The van der Waals surface area contributed by atoms with Crippen molar-refractivity contribution in [2.75, 3.05) is 20.3 Å². The Morgan fingerprint density at radius 3 is 2.26 bits per heavy atom. The van der Waals surface area contributed by atoms with Gasteiger partial charge in [0.25, 0.3) is 0 Å². The van der Waals surface area contributed by atoms with Crippen molar-refractivity contribution in [1.29, 1.82) is 0 Å². The third kappa shape index (κ3) is 4.42. The lowest BCUT2D eigenvalue weighted by atomic mass is 9.81. The Kier molecular flexibility index (Phi) is 7.53. The maximum Gasteiger partial charge on any atom is 0.219 e. The van der Waals surface area contributed by atoms with Gasteiger partial charge < -0.3 is 50.1 Å². The number of rotatable bonds is 5. The van der Waals surface area contributed by atoms with E-state index < -0.39 is 80.1 Å². The predicted molar refractivity (Wildman–Crippen MR) is 85.9 cm³/mol. The average molecular weight is 394 g/mol. The van der Waals surface area contributed by atoms with Crippen molar-refractivity contribution in [3.63, 3.8) is 0 Å². The van der Waals surface area contributed by atoms with E-state index in [0.717, 1.165) is 4.90 Å². The van der Waals surface area contributed by atoms with Crippen LogP contribution in [-0.2, 0) is 14.3 Å². The molecule has 2 rings (SSSR count). The van der Waals surface area contributed by atoms with Crippen molar-refractivity contribution in [1.82, 2.24) is 4.90 Å². The summed E-state index contributed by atoms with van der Waals surface area (Å²) in [7, 11) is 1.32. The zero-order chi connectivity index (χ0) is 20.5. The van der Waals surface area contributed by atoms with Crippen molar-refractivity contribution < 1.29 is 50.0 Å². The Labute approximate surface area is 156 Å². The van der Waals surface area contributed by atoms with Gasteiger partial charge in [0.2, 0.25) is 5.91 Å². The van der Waals surface area contributed by atoms with Crippen LogP contribution in [0.4, 0.5) is 0 Å². The molecule has 0 aromatic rings. The van der Waals surface area contributed by atoms with Crippen molar-refractivity contribution >= 4 is 5.91 Å². The first-order valence-electron chi connectivity index (χ1n) is 8.78. The molecule has 0 spiro atoms. The number of aliphatic hydroxyl groups excluding tert-OH is 6. The van der Waals surface area contributed by atoms with Gasteiger partial charge in [0.05, 0.1) is 24.9 Å². The van der Waals surface area contributed by atoms with Gasteiger partial charge in [-0.15, -0.1) is 0 Å². The molecule has 1 saturated heterocycles. The summed E-state index contributed by atoms with van der Waals surface area (Å²) >= 11 is 0. The molecule has 0 aromatic heterocycles. The second-order valence-electron chi connectivity index (χ2n) is 7.13. The van der Waals surface area contributed by atoms with Gasteiger partial charge in [-0.3, -0.25) is 4.79 Å². The molecule has 158 valence electrons. The lowest BCUT2D eigenvalue weighted by Gasteiger charge is -2.51. The quantitative estimate of drug-likeness (QED) is 0.264. The van der Waals surface area contributed by atoms with Crippen LogP contribution in [0.15, 0.2) is 0 Å². The van der Waals surface area contributed by atoms with Crippen LogP contribution >= 0.6 is 0 Å². The third-order valence-corrected chi connectivity index (χ3v) is 5.43. The fraction of sp³-hybridized carbons (Fsp3) is 0.938. The zero-order valence-electron chi connectivity index (χ0n) is 15.2. The van der Waals surface area contributed by atoms with Crippen LogP contribution in [0.3, 0.4) is 0 Å². The average Bonchev–Trinajstić information content (AvgIpc) is 2.63. The van der Waals surface area contributed by atoms with Crippen LogP contribution < -0.4 is 5.11 Å². The van der Waals surface area contributed by atoms with Crippen LogP contribution in [-0.4, -0.2) is 117 Å². The van der Waals surface area contributed by atoms with E-state index in [2.05, 4.69) is 0 Å². The molecule has 0 bridgehead atoms. The molecular formula is C16H28NO10-. The minimum absolute atomic E-state index is 0.0364. The highest BCUT2D eigenvalue weighted by atomic mass is 16.6. The van der Waals surface area contributed by atoms with E-state index >= 15 is 0 Å². The van der Waals surface area contributed by atoms with E-state index in [1.165, 1.54) is 14.0 Å². The maximum atomic E-state index is 12.2. The molecule has 0 radical (unpaired) electrons. The Bertz CT molecular complexity index is 506. The van der Waals surface area contributed by atoms with Gasteiger partial charge in [0.1, 0.15) is 30.5 Å². The molecule has 0 aromatic carbocycles. The molecule has 27 heavy (non-hydrogen) atoms. The van der Waals surface area contributed by atoms with Gasteiger partial charge in [-0.25, -0.2) is 0 Å². The number of carbonyl (C=O) groups is 1. The van der Waals surface area contributed by atoms with E-state index in [1.807, 2.05) is 0 Å². The smallest absolute Gasteiger partial charge is 0.219 e. The molecule has 1 amide bonds. The summed E-state index contributed by atoms with van der Waals surface area (Å²) in [4.78, 5) is 12.6. The summed E-state index contributed by atoms with van der Waals surface area (Å²) in [5.41, 5.74) is 0. The SMILES string of the molecule is CC(=O)N(C)[C@@H]1[C@@H](O)[C@H](O[C@@H]2C[C@H](CO)[C@H](O)[C@H](O)[C@H]2O)[C@@H](CO)O[C@H]1[O-]. The number of likely N-dealkylation sites (N-methyl/N-ethyl adjacent to an activating group) is 1. The van der Waals surface area contributed by atoms with Gasteiger partial charge in [-0.05, 0) is 6.42 Å². The summed E-state index contributed by atoms with van der Waals surface area (Å²) < 4.78 is 10.8. The van der Waals surface area contributed by atoms with E-state index in [4.69, 9.17) is 9.47 Å². The first-order chi connectivity index (χ1) is 12.6. The van der Waals surface area contributed by atoms with Gasteiger partial charge >= 0.3 is 0 Å². The number of amides is 1. The normalized spacial score (nSPS) is 45.5. The van der Waals surface area contributed by atoms with E-state index in [0.29, 0.717) is 0 Å². The van der Waals surface area contributed by atoms with E-state index in [9.17, 15) is 40.5 Å². The molecule has 11 heteroatoms. The van der Waals surface area contributed by atoms with Gasteiger partial charge in [0.15, 0.2) is 0 Å². The minimum Gasteiger partial charge on any atom is -0.829 e. The van der Waals surface area contributed by atoms with Crippen molar-refractivity contribution in [2.24, 2.45) is 5.92 Å². The Hall–Kier alpha value is -0.890. The number of hydrogen-bond donors (Lipinski definition) is 6. The lowest BCUT2D eigenvalue weighted by molar-refractivity contribution is -0.526. The van der Waals surface area contributed by atoms with Crippen molar-refractivity contribution in [2.45, 2.75) is 68.4 Å². The molecule has 2 aliphatic rings. The molecule has 1 saturated carbocycles. The highest BCUT2D eigenvalue weighted by Crippen LogP contribution is 2.32. The van der Waals surface area contributed by atoms with E-state index in [1.54, 1.807) is 0 Å². The van der Waals surface area contributed by atoms with Crippen LogP contribution in [0, 0.1) is 5.92 Å². The van der Waals surface area contributed by atoms with Crippen LogP contribution in [0.5, 0.6) is 0 Å². The monoisotopic (exact) mass is 394 g/mol. The molecule has 11 nitrogen and oxygen atoms in total. The summed E-state index contributed by atoms with van der Waals surface area (Å²) in [5, 5.41) is 71.7. The summed E-state index contributed by atoms with van der Waals surface area (Å²) in [6.45, 7) is 0.0899. The summed E-state index contributed by atoms with van der Waals surface area (Å²) in [6, 6.07) is -1.29. The van der Waals surface area contributed by atoms with E-state index in [-0.39, 0.29) is 6.42 Å². The molecule has 1 heterocycles.